The van der Waals surface area contributed by atoms with Crippen molar-refractivity contribution >= 4 is 35.2 Å². The standard InChI is InChI=1S/C16H15ClN2O4S/c1-23-16(21)15(12-4-2-3-5-13(12)17)19(18-22)10-11-7-9-24-14(11)6-8-20/h2-5,7-9,15H,6,10H2,1H3/t15-/m0/s1. The summed E-state index contributed by atoms with van der Waals surface area (Å²) in [5, 5.41) is 6.22. The van der Waals surface area contributed by atoms with Gasteiger partial charge < -0.3 is 9.53 Å². The van der Waals surface area contributed by atoms with Gasteiger partial charge in [-0.25, -0.2) is 9.80 Å². The first-order valence-electron chi connectivity index (χ1n) is 7.03. The number of carbonyl (C=O) groups is 2. The van der Waals surface area contributed by atoms with Gasteiger partial charge in [0.25, 0.3) is 0 Å². The van der Waals surface area contributed by atoms with Gasteiger partial charge in [0.15, 0.2) is 6.04 Å². The topological polar surface area (TPSA) is 76.0 Å². The molecule has 24 heavy (non-hydrogen) atoms. The van der Waals surface area contributed by atoms with E-state index in [1.807, 2.05) is 5.38 Å². The Morgan fingerprint density at radius 1 is 1.42 bits per heavy atom. The zero-order valence-corrected chi connectivity index (χ0v) is 14.4. The fourth-order valence-electron chi connectivity index (χ4n) is 2.32. The van der Waals surface area contributed by atoms with Gasteiger partial charge in [-0.15, -0.1) is 16.2 Å². The first-order chi connectivity index (χ1) is 11.6. The number of nitroso groups, excluding NO2 is 1. The van der Waals surface area contributed by atoms with E-state index in [-0.39, 0.29) is 13.0 Å². The van der Waals surface area contributed by atoms with Gasteiger partial charge in [-0.2, -0.15) is 0 Å². The molecule has 2 rings (SSSR count). The Hall–Kier alpha value is -2.25. The summed E-state index contributed by atoms with van der Waals surface area (Å²) >= 11 is 7.57. The van der Waals surface area contributed by atoms with Crippen LogP contribution in [-0.2, 0) is 27.3 Å². The van der Waals surface area contributed by atoms with Crippen molar-refractivity contribution in [1.29, 1.82) is 0 Å². The summed E-state index contributed by atoms with van der Waals surface area (Å²) < 4.78 is 4.81. The van der Waals surface area contributed by atoms with E-state index in [0.29, 0.717) is 10.6 Å². The molecule has 0 radical (unpaired) electrons. The Morgan fingerprint density at radius 2 is 2.17 bits per heavy atom. The zero-order valence-electron chi connectivity index (χ0n) is 12.8. The molecular formula is C16H15ClN2O4S. The fourth-order valence-corrected chi connectivity index (χ4v) is 3.41. The smallest absolute Gasteiger partial charge is 0.335 e. The number of thiophene rings is 1. The first kappa shape index (κ1) is 18.1. The number of halogens is 1. The third-order valence-corrected chi connectivity index (χ3v) is 4.80. The van der Waals surface area contributed by atoms with E-state index in [0.717, 1.165) is 21.7 Å². The minimum atomic E-state index is -1.06. The minimum Gasteiger partial charge on any atom is -0.467 e. The van der Waals surface area contributed by atoms with E-state index in [2.05, 4.69) is 5.29 Å². The molecule has 0 amide bonds. The second-order valence-corrected chi connectivity index (χ2v) is 6.27. The van der Waals surface area contributed by atoms with Crippen molar-refractivity contribution in [3.8, 4) is 0 Å². The SMILES string of the molecule is COC(=O)[C@H](c1ccccc1Cl)N(Cc1ccsc1CC=O)N=O. The molecule has 1 heterocycles. The van der Waals surface area contributed by atoms with Crippen LogP contribution in [0, 0.1) is 4.91 Å². The van der Waals surface area contributed by atoms with E-state index in [1.54, 1.807) is 30.3 Å². The number of benzene rings is 1. The van der Waals surface area contributed by atoms with Gasteiger partial charge in [0.1, 0.15) is 6.29 Å². The highest BCUT2D eigenvalue weighted by atomic mass is 35.5. The van der Waals surface area contributed by atoms with Gasteiger partial charge in [-0.05, 0) is 23.1 Å². The average molecular weight is 367 g/mol. The second kappa shape index (κ2) is 8.56. The first-order valence-corrected chi connectivity index (χ1v) is 8.29. The number of nitrogens with zero attached hydrogens (tertiary/aromatic N) is 2. The molecule has 0 saturated heterocycles. The van der Waals surface area contributed by atoms with E-state index < -0.39 is 12.0 Å². The number of methoxy groups -OCH3 is 1. The van der Waals surface area contributed by atoms with Crippen molar-refractivity contribution < 1.29 is 14.3 Å². The van der Waals surface area contributed by atoms with E-state index in [4.69, 9.17) is 16.3 Å². The zero-order chi connectivity index (χ0) is 17.5. The van der Waals surface area contributed by atoms with Crippen LogP contribution in [0.2, 0.25) is 5.02 Å². The number of hydrogen-bond acceptors (Lipinski definition) is 6. The largest absolute Gasteiger partial charge is 0.467 e. The molecule has 6 nitrogen and oxygen atoms in total. The predicted octanol–water partition coefficient (Wildman–Crippen LogP) is 3.54. The van der Waals surface area contributed by atoms with Crippen LogP contribution < -0.4 is 0 Å². The summed E-state index contributed by atoms with van der Waals surface area (Å²) in [6, 6.07) is 7.43. The number of hydrogen-bond donors (Lipinski definition) is 0. The molecule has 0 N–H and O–H groups in total. The van der Waals surface area contributed by atoms with Crippen LogP contribution in [-0.4, -0.2) is 24.4 Å². The van der Waals surface area contributed by atoms with Gasteiger partial charge in [0.2, 0.25) is 0 Å². The maximum Gasteiger partial charge on any atom is 0.335 e. The fraction of sp³-hybridized carbons (Fsp3) is 0.250. The maximum absolute atomic E-state index is 12.2. The van der Waals surface area contributed by atoms with Gasteiger partial charge in [-0.1, -0.05) is 29.8 Å². The quantitative estimate of drug-likeness (QED) is 0.309. The number of carbonyl (C=O) groups excluding carboxylic acids is 2. The average Bonchev–Trinajstić information content (AvgIpc) is 3.02. The minimum absolute atomic E-state index is 0.0706. The molecule has 1 aromatic heterocycles. The third kappa shape index (κ3) is 3.98. The van der Waals surface area contributed by atoms with Crippen molar-refractivity contribution in [2.24, 2.45) is 5.29 Å². The summed E-state index contributed by atoms with van der Waals surface area (Å²) in [6.45, 7) is 0.0706. The van der Waals surface area contributed by atoms with Crippen LogP contribution >= 0.6 is 22.9 Å². The van der Waals surface area contributed by atoms with Gasteiger partial charge in [0.05, 0.1) is 18.9 Å². The van der Waals surface area contributed by atoms with Crippen molar-refractivity contribution in [2.45, 2.75) is 19.0 Å². The van der Waals surface area contributed by atoms with Crippen LogP contribution in [0.1, 0.15) is 22.0 Å². The molecule has 0 aliphatic heterocycles. The molecule has 8 heteroatoms. The summed E-state index contributed by atoms with van der Waals surface area (Å²) in [5.41, 5.74) is 1.19. The molecular weight excluding hydrogens is 352 g/mol. The molecule has 0 unspecified atom stereocenters. The molecule has 0 fully saturated rings. The van der Waals surface area contributed by atoms with E-state index in [1.165, 1.54) is 18.4 Å². The molecule has 0 bridgehead atoms. The Bertz CT molecular complexity index is 734. The molecule has 2 aromatic rings. The molecule has 0 saturated carbocycles. The summed E-state index contributed by atoms with van der Waals surface area (Å²) in [4.78, 5) is 35.2. The lowest BCUT2D eigenvalue weighted by atomic mass is 10.1. The van der Waals surface area contributed by atoms with Gasteiger partial charge in [-0.3, -0.25) is 0 Å². The molecule has 1 atom stereocenters. The lowest BCUT2D eigenvalue weighted by Gasteiger charge is -2.25. The maximum atomic E-state index is 12.2. The van der Waals surface area contributed by atoms with Crippen molar-refractivity contribution in [3.63, 3.8) is 0 Å². The van der Waals surface area contributed by atoms with Crippen LogP contribution in [0.15, 0.2) is 41.0 Å². The highest BCUT2D eigenvalue weighted by Gasteiger charge is 2.31. The van der Waals surface area contributed by atoms with Crippen LogP contribution in [0.25, 0.3) is 0 Å². The summed E-state index contributed by atoms with van der Waals surface area (Å²) in [5.74, 6) is -0.644. The molecule has 126 valence electrons. The lowest BCUT2D eigenvalue weighted by Crippen LogP contribution is -2.31. The van der Waals surface area contributed by atoms with Crippen LogP contribution in [0.3, 0.4) is 0 Å². The van der Waals surface area contributed by atoms with Gasteiger partial charge >= 0.3 is 5.97 Å². The number of aldehydes is 1. The Kier molecular flexibility index (Phi) is 6.45. The van der Waals surface area contributed by atoms with E-state index >= 15 is 0 Å². The van der Waals surface area contributed by atoms with E-state index in [9.17, 15) is 14.5 Å². The normalized spacial score (nSPS) is 11.6. The van der Waals surface area contributed by atoms with Crippen LogP contribution in [0.4, 0.5) is 0 Å². The Morgan fingerprint density at radius 3 is 2.79 bits per heavy atom. The lowest BCUT2D eigenvalue weighted by molar-refractivity contribution is -0.147. The van der Waals surface area contributed by atoms with Gasteiger partial charge in [0, 0.05) is 21.9 Å². The number of esters is 1. The summed E-state index contributed by atoms with van der Waals surface area (Å²) in [6.07, 6.45) is 1.04. The second-order valence-electron chi connectivity index (χ2n) is 4.87. The Labute approximate surface area is 147 Å². The Balaban J connectivity index is 2.37. The number of ether oxygens (including phenoxy) is 1. The molecule has 1 aromatic carbocycles. The molecule has 0 aliphatic rings. The van der Waals surface area contributed by atoms with Crippen molar-refractivity contribution in [1.82, 2.24) is 5.01 Å². The highest BCUT2D eigenvalue weighted by Crippen LogP contribution is 2.31. The van der Waals surface area contributed by atoms with Crippen LogP contribution in [0.5, 0.6) is 0 Å². The summed E-state index contributed by atoms with van der Waals surface area (Å²) in [7, 11) is 1.23. The number of rotatable bonds is 8. The predicted molar refractivity (Wildman–Crippen MR) is 91.6 cm³/mol. The molecule has 0 aliphatic carbocycles. The molecule has 0 spiro atoms. The monoisotopic (exact) mass is 366 g/mol. The van der Waals surface area contributed by atoms with Crippen molar-refractivity contribution in [2.75, 3.05) is 7.11 Å². The van der Waals surface area contributed by atoms with Crippen molar-refractivity contribution in [3.05, 3.63) is 61.6 Å². The highest BCUT2D eigenvalue weighted by molar-refractivity contribution is 7.10. The third-order valence-electron chi connectivity index (χ3n) is 3.47.